The van der Waals surface area contributed by atoms with E-state index in [4.69, 9.17) is 4.74 Å². The number of rotatable bonds is 5. The molecule has 1 saturated heterocycles. The summed E-state index contributed by atoms with van der Waals surface area (Å²) in [6.07, 6.45) is 4.94. The zero-order valence-corrected chi connectivity index (χ0v) is 11.2. The van der Waals surface area contributed by atoms with Crippen molar-refractivity contribution in [3.05, 3.63) is 0 Å². The van der Waals surface area contributed by atoms with Crippen LogP contribution in [0.4, 0.5) is 0 Å². The second kappa shape index (κ2) is 5.05. The quantitative estimate of drug-likeness (QED) is 0.777. The Kier molecular flexibility index (Phi) is 3.91. The van der Waals surface area contributed by atoms with Crippen LogP contribution in [0.5, 0.6) is 0 Å². The molecule has 2 aliphatic rings. The van der Waals surface area contributed by atoms with Gasteiger partial charge in [0.15, 0.2) is 0 Å². The molecule has 1 saturated carbocycles. The average Bonchev–Trinajstić information content (AvgIpc) is 3.02. The van der Waals surface area contributed by atoms with Crippen molar-refractivity contribution in [1.82, 2.24) is 5.32 Å². The van der Waals surface area contributed by atoms with Crippen LogP contribution in [0.2, 0.25) is 0 Å². The molecule has 2 heteroatoms. The van der Waals surface area contributed by atoms with Gasteiger partial charge in [-0.15, -0.1) is 0 Å². The van der Waals surface area contributed by atoms with E-state index < -0.39 is 0 Å². The Balaban J connectivity index is 2.00. The zero-order chi connectivity index (χ0) is 11.7. The van der Waals surface area contributed by atoms with Crippen LogP contribution in [-0.4, -0.2) is 24.8 Å². The van der Waals surface area contributed by atoms with Crippen molar-refractivity contribution in [1.29, 1.82) is 0 Å². The fourth-order valence-electron chi connectivity index (χ4n) is 3.30. The van der Waals surface area contributed by atoms with Crippen LogP contribution in [-0.2, 0) is 4.74 Å². The smallest absolute Gasteiger partial charge is 0.0597 e. The lowest BCUT2D eigenvalue weighted by Crippen LogP contribution is -2.43. The molecular weight excluding hydrogens is 198 g/mol. The van der Waals surface area contributed by atoms with Gasteiger partial charge >= 0.3 is 0 Å². The van der Waals surface area contributed by atoms with Crippen LogP contribution in [0.1, 0.15) is 47.0 Å². The molecule has 94 valence electrons. The van der Waals surface area contributed by atoms with Crippen molar-refractivity contribution >= 4 is 0 Å². The van der Waals surface area contributed by atoms with Crippen LogP contribution < -0.4 is 5.32 Å². The average molecular weight is 225 g/mol. The Hall–Kier alpha value is -0.0800. The van der Waals surface area contributed by atoms with Crippen LogP contribution in [0, 0.1) is 17.8 Å². The molecular formula is C14H27NO. The van der Waals surface area contributed by atoms with E-state index in [-0.39, 0.29) is 0 Å². The molecule has 1 aliphatic carbocycles. The molecule has 16 heavy (non-hydrogen) atoms. The van der Waals surface area contributed by atoms with E-state index in [0.29, 0.717) is 30.1 Å². The van der Waals surface area contributed by atoms with E-state index in [9.17, 15) is 0 Å². The third-order valence-electron chi connectivity index (χ3n) is 4.49. The van der Waals surface area contributed by atoms with E-state index in [1.807, 2.05) is 0 Å². The van der Waals surface area contributed by atoms with Crippen molar-refractivity contribution in [2.24, 2.45) is 17.8 Å². The highest BCUT2D eigenvalue weighted by Crippen LogP contribution is 2.43. The minimum atomic E-state index is 0.431. The van der Waals surface area contributed by atoms with Gasteiger partial charge in [-0.3, -0.25) is 0 Å². The first-order valence-electron chi connectivity index (χ1n) is 7.04. The lowest BCUT2D eigenvalue weighted by Gasteiger charge is -2.30. The van der Waals surface area contributed by atoms with Crippen LogP contribution in [0.15, 0.2) is 0 Å². The zero-order valence-electron chi connectivity index (χ0n) is 11.2. The SMILES string of the molecule is CCCNC(C1CC1)C1C(C)OC(C)C1C. The molecule has 2 rings (SSSR count). The van der Waals surface area contributed by atoms with E-state index in [2.05, 4.69) is 33.0 Å². The Morgan fingerprint density at radius 2 is 1.88 bits per heavy atom. The lowest BCUT2D eigenvalue weighted by molar-refractivity contribution is 0.0466. The molecule has 5 unspecified atom stereocenters. The summed E-state index contributed by atoms with van der Waals surface area (Å²) in [7, 11) is 0. The highest BCUT2D eigenvalue weighted by Gasteiger charge is 2.46. The molecule has 5 atom stereocenters. The maximum atomic E-state index is 5.98. The van der Waals surface area contributed by atoms with Crippen molar-refractivity contribution in [2.45, 2.75) is 65.2 Å². The van der Waals surface area contributed by atoms with Gasteiger partial charge in [-0.1, -0.05) is 13.8 Å². The molecule has 2 nitrogen and oxygen atoms in total. The molecule has 2 fully saturated rings. The van der Waals surface area contributed by atoms with E-state index >= 15 is 0 Å². The Morgan fingerprint density at radius 1 is 1.19 bits per heavy atom. The Morgan fingerprint density at radius 3 is 2.31 bits per heavy atom. The van der Waals surface area contributed by atoms with Crippen molar-refractivity contribution in [3.8, 4) is 0 Å². The summed E-state index contributed by atoms with van der Waals surface area (Å²) in [6.45, 7) is 10.3. The first-order chi connectivity index (χ1) is 7.65. The number of hydrogen-bond donors (Lipinski definition) is 1. The molecule has 0 aromatic rings. The Bertz CT molecular complexity index is 227. The molecule has 0 radical (unpaired) electrons. The second-order valence-electron chi connectivity index (χ2n) is 5.80. The number of ether oxygens (including phenoxy) is 1. The minimum absolute atomic E-state index is 0.431. The first-order valence-corrected chi connectivity index (χ1v) is 7.04. The van der Waals surface area contributed by atoms with Crippen molar-refractivity contribution in [3.63, 3.8) is 0 Å². The molecule has 0 bridgehead atoms. The fourth-order valence-corrected chi connectivity index (χ4v) is 3.30. The summed E-state index contributed by atoms with van der Waals surface area (Å²) >= 11 is 0. The predicted molar refractivity (Wildman–Crippen MR) is 67.5 cm³/mol. The monoisotopic (exact) mass is 225 g/mol. The lowest BCUT2D eigenvalue weighted by atomic mass is 9.81. The second-order valence-corrected chi connectivity index (χ2v) is 5.80. The van der Waals surface area contributed by atoms with Gasteiger partial charge in [-0.25, -0.2) is 0 Å². The molecule has 0 spiro atoms. The molecule has 0 aromatic carbocycles. The van der Waals surface area contributed by atoms with Gasteiger partial charge in [-0.05, 0) is 51.5 Å². The molecule has 1 heterocycles. The maximum absolute atomic E-state index is 5.98. The predicted octanol–water partition coefficient (Wildman–Crippen LogP) is 2.82. The summed E-state index contributed by atoms with van der Waals surface area (Å²) in [6, 6.07) is 0.704. The molecule has 1 aliphatic heterocycles. The van der Waals surface area contributed by atoms with Gasteiger partial charge in [0.1, 0.15) is 0 Å². The molecule has 1 N–H and O–H groups in total. The topological polar surface area (TPSA) is 21.3 Å². The third-order valence-corrected chi connectivity index (χ3v) is 4.49. The van der Waals surface area contributed by atoms with Gasteiger partial charge in [0.05, 0.1) is 12.2 Å². The van der Waals surface area contributed by atoms with Gasteiger partial charge in [0, 0.05) is 12.0 Å². The number of nitrogens with one attached hydrogen (secondary N) is 1. The van der Waals surface area contributed by atoms with Gasteiger partial charge < -0.3 is 10.1 Å². The maximum Gasteiger partial charge on any atom is 0.0597 e. The van der Waals surface area contributed by atoms with Gasteiger partial charge in [0.25, 0.3) is 0 Å². The van der Waals surface area contributed by atoms with Crippen molar-refractivity contribution < 1.29 is 4.74 Å². The highest BCUT2D eigenvalue weighted by atomic mass is 16.5. The standard InChI is InChI=1S/C14H27NO/c1-5-8-15-14(12-6-7-12)13-9(2)10(3)16-11(13)4/h9-15H,5-8H2,1-4H3. The van der Waals surface area contributed by atoms with Crippen LogP contribution in [0.25, 0.3) is 0 Å². The summed E-state index contributed by atoms with van der Waals surface area (Å²) in [4.78, 5) is 0. The van der Waals surface area contributed by atoms with Gasteiger partial charge in [0.2, 0.25) is 0 Å². The minimum Gasteiger partial charge on any atom is -0.375 e. The van der Waals surface area contributed by atoms with E-state index in [1.165, 1.54) is 19.3 Å². The van der Waals surface area contributed by atoms with Crippen molar-refractivity contribution in [2.75, 3.05) is 6.54 Å². The summed E-state index contributed by atoms with van der Waals surface area (Å²) < 4.78 is 5.98. The molecule has 0 aromatic heterocycles. The first kappa shape index (κ1) is 12.4. The number of hydrogen-bond acceptors (Lipinski definition) is 2. The van der Waals surface area contributed by atoms with E-state index in [1.54, 1.807) is 0 Å². The Labute approximate surface area is 100 Å². The van der Waals surface area contributed by atoms with Gasteiger partial charge in [-0.2, -0.15) is 0 Å². The normalized spacial score (nSPS) is 41.2. The largest absolute Gasteiger partial charge is 0.375 e. The summed E-state index contributed by atoms with van der Waals surface area (Å²) in [5.41, 5.74) is 0. The summed E-state index contributed by atoms with van der Waals surface area (Å²) in [5, 5.41) is 3.77. The fraction of sp³-hybridized carbons (Fsp3) is 1.00. The van der Waals surface area contributed by atoms with E-state index in [0.717, 1.165) is 12.5 Å². The summed E-state index contributed by atoms with van der Waals surface area (Å²) in [5.74, 6) is 2.34. The highest BCUT2D eigenvalue weighted by molar-refractivity contribution is 4.98. The van der Waals surface area contributed by atoms with Crippen LogP contribution in [0.3, 0.4) is 0 Å². The van der Waals surface area contributed by atoms with Crippen LogP contribution >= 0.6 is 0 Å². The third kappa shape index (κ3) is 2.43. The molecule has 0 amide bonds.